The number of rotatable bonds is 4. The molecule has 0 bridgehead atoms. The van der Waals surface area contributed by atoms with Crippen LogP contribution < -0.4 is 5.32 Å². The van der Waals surface area contributed by atoms with E-state index < -0.39 is 0 Å². The molecule has 1 aliphatic carbocycles. The van der Waals surface area contributed by atoms with Gasteiger partial charge in [-0.1, -0.05) is 6.92 Å². The van der Waals surface area contributed by atoms with Gasteiger partial charge in [-0.05, 0) is 62.8 Å². The van der Waals surface area contributed by atoms with Crippen LogP contribution in [-0.4, -0.2) is 30.4 Å². The monoisotopic (exact) mass is 274 g/mol. The Hall–Kier alpha value is -1.51. The van der Waals surface area contributed by atoms with Crippen molar-refractivity contribution in [2.75, 3.05) is 18.9 Å². The number of nitrogens with one attached hydrogen (secondary N) is 1. The fraction of sp³-hybridized carbons (Fsp3) is 0.588. The van der Waals surface area contributed by atoms with Crippen molar-refractivity contribution < 1.29 is 4.79 Å². The molecule has 110 valence electrons. The van der Waals surface area contributed by atoms with E-state index in [0.29, 0.717) is 6.04 Å². The molecule has 0 aromatic heterocycles. The molecule has 0 radical (unpaired) electrons. The lowest BCUT2D eigenvalue weighted by atomic mass is 9.86. The molecule has 0 saturated heterocycles. The second-order valence-electron chi connectivity index (χ2n) is 5.94. The third kappa shape index (κ3) is 3.53. The summed E-state index contributed by atoms with van der Waals surface area (Å²) in [5.74, 6) is 0.960. The van der Waals surface area contributed by atoms with Gasteiger partial charge in [-0.15, -0.1) is 0 Å². The first-order valence-corrected chi connectivity index (χ1v) is 7.73. The van der Waals surface area contributed by atoms with E-state index in [1.165, 1.54) is 12.8 Å². The molecule has 1 saturated carbocycles. The van der Waals surface area contributed by atoms with Crippen molar-refractivity contribution in [3.63, 3.8) is 0 Å². The minimum atomic E-state index is 0.146. The molecule has 1 aromatic rings. The van der Waals surface area contributed by atoms with Crippen LogP contribution in [-0.2, 0) is 0 Å². The van der Waals surface area contributed by atoms with Crippen LogP contribution in [0.25, 0.3) is 0 Å². The van der Waals surface area contributed by atoms with Gasteiger partial charge in [-0.2, -0.15) is 0 Å². The Labute approximate surface area is 122 Å². The number of anilines is 1. The minimum absolute atomic E-state index is 0.146. The van der Waals surface area contributed by atoms with Crippen molar-refractivity contribution in [3.8, 4) is 0 Å². The van der Waals surface area contributed by atoms with Crippen molar-refractivity contribution in [2.45, 2.75) is 45.6 Å². The van der Waals surface area contributed by atoms with Crippen molar-refractivity contribution in [3.05, 3.63) is 29.8 Å². The second kappa shape index (κ2) is 6.78. The molecule has 2 rings (SSSR count). The molecule has 20 heavy (non-hydrogen) atoms. The van der Waals surface area contributed by atoms with Gasteiger partial charge < -0.3 is 10.2 Å². The summed E-state index contributed by atoms with van der Waals surface area (Å²) in [4.78, 5) is 14.4. The first kappa shape index (κ1) is 14.9. The van der Waals surface area contributed by atoms with E-state index in [-0.39, 0.29) is 5.91 Å². The summed E-state index contributed by atoms with van der Waals surface area (Å²) in [6.07, 6.45) is 4.75. The zero-order valence-electron chi connectivity index (χ0n) is 12.9. The van der Waals surface area contributed by atoms with E-state index >= 15 is 0 Å². The first-order valence-electron chi connectivity index (χ1n) is 7.73. The fourth-order valence-electron chi connectivity index (χ4n) is 2.93. The highest BCUT2D eigenvalue weighted by molar-refractivity contribution is 5.94. The summed E-state index contributed by atoms with van der Waals surface area (Å²) in [5, 5.41) is 3.25. The summed E-state index contributed by atoms with van der Waals surface area (Å²) < 4.78 is 0. The quantitative estimate of drug-likeness (QED) is 0.906. The summed E-state index contributed by atoms with van der Waals surface area (Å²) in [7, 11) is 1.95. The molecule has 0 aliphatic heterocycles. The number of carbonyl (C=O) groups is 1. The van der Waals surface area contributed by atoms with Crippen LogP contribution in [0.4, 0.5) is 5.69 Å². The Kier molecular flexibility index (Phi) is 5.05. The Balaban J connectivity index is 1.99. The number of hydrogen-bond donors (Lipinski definition) is 1. The van der Waals surface area contributed by atoms with E-state index in [9.17, 15) is 4.79 Å². The molecule has 1 aliphatic rings. The van der Waals surface area contributed by atoms with Gasteiger partial charge >= 0.3 is 0 Å². The third-order valence-corrected chi connectivity index (χ3v) is 4.37. The molecule has 1 aromatic carbocycles. The number of benzene rings is 1. The van der Waals surface area contributed by atoms with E-state index in [2.05, 4.69) is 19.2 Å². The average Bonchev–Trinajstić information content (AvgIpc) is 2.48. The second-order valence-corrected chi connectivity index (χ2v) is 5.94. The molecule has 0 spiro atoms. The van der Waals surface area contributed by atoms with E-state index in [1.54, 1.807) is 0 Å². The van der Waals surface area contributed by atoms with Crippen LogP contribution in [0.5, 0.6) is 0 Å². The van der Waals surface area contributed by atoms with Crippen molar-refractivity contribution >= 4 is 11.6 Å². The largest absolute Gasteiger partial charge is 0.385 e. The molecule has 1 fully saturated rings. The highest BCUT2D eigenvalue weighted by Gasteiger charge is 2.25. The number of hydrogen-bond acceptors (Lipinski definition) is 2. The lowest BCUT2D eigenvalue weighted by molar-refractivity contribution is 0.0679. The van der Waals surface area contributed by atoms with Crippen molar-refractivity contribution in [1.29, 1.82) is 0 Å². The third-order valence-electron chi connectivity index (χ3n) is 4.37. The van der Waals surface area contributed by atoms with E-state index in [1.807, 2.05) is 36.2 Å². The van der Waals surface area contributed by atoms with Crippen LogP contribution in [0.15, 0.2) is 24.3 Å². The molecule has 0 heterocycles. The molecule has 0 unspecified atom stereocenters. The van der Waals surface area contributed by atoms with E-state index in [0.717, 1.165) is 36.6 Å². The standard InChI is InChI=1S/C17H26N2O/c1-4-18-15-9-7-14(8-10-15)17(20)19(3)16-11-5-13(2)6-12-16/h7-10,13,16,18H,4-6,11-12H2,1-3H3. The van der Waals surface area contributed by atoms with Gasteiger partial charge in [0.15, 0.2) is 0 Å². The normalized spacial score (nSPS) is 22.4. The topological polar surface area (TPSA) is 32.3 Å². The highest BCUT2D eigenvalue weighted by Crippen LogP contribution is 2.27. The Bertz CT molecular complexity index is 433. The van der Waals surface area contributed by atoms with Gasteiger partial charge in [0.2, 0.25) is 0 Å². The van der Waals surface area contributed by atoms with Crippen LogP contribution in [0, 0.1) is 5.92 Å². The molecule has 1 N–H and O–H groups in total. The van der Waals surface area contributed by atoms with Gasteiger partial charge in [0.1, 0.15) is 0 Å². The summed E-state index contributed by atoms with van der Waals surface area (Å²) in [6, 6.07) is 8.21. The molecular weight excluding hydrogens is 248 g/mol. The lowest BCUT2D eigenvalue weighted by Crippen LogP contribution is -2.39. The van der Waals surface area contributed by atoms with Gasteiger partial charge in [0, 0.05) is 30.9 Å². The highest BCUT2D eigenvalue weighted by atomic mass is 16.2. The summed E-state index contributed by atoms with van der Waals surface area (Å²) in [5.41, 5.74) is 1.85. The maximum atomic E-state index is 12.5. The van der Waals surface area contributed by atoms with Gasteiger partial charge in [-0.3, -0.25) is 4.79 Å². The van der Waals surface area contributed by atoms with Gasteiger partial charge in [0.05, 0.1) is 0 Å². The van der Waals surface area contributed by atoms with Crippen molar-refractivity contribution in [1.82, 2.24) is 4.90 Å². The molecule has 0 atom stereocenters. The minimum Gasteiger partial charge on any atom is -0.385 e. The van der Waals surface area contributed by atoms with Crippen LogP contribution in [0.1, 0.15) is 49.9 Å². The molecular formula is C17H26N2O. The van der Waals surface area contributed by atoms with Crippen LogP contribution in [0.2, 0.25) is 0 Å². The van der Waals surface area contributed by atoms with Crippen molar-refractivity contribution in [2.24, 2.45) is 5.92 Å². The maximum absolute atomic E-state index is 12.5. The molecule has 1 amide bonds. The van der Waals surface area contributed by atoms with E-state index in [4.69, 9.17) is 0 Å². The smallest absolute Gasteiger partial charge is 0.253 e. The number of nitrogens with zero attached hydrogens (tertiary/aromatic N) is 1. The Morgan fingerprint density at radius 2 is 1.80 bits per heavy atom. The average molecular weight is 274 g/mol. The van der Waals surface area contributed by atoms with Crippen LogP contribution in [0.3, 0.4) is 0 Å². The zero-order chi connectivity index (χ0) is 14.5. The molecule has 3 heteroatoms. The SMILES string of the molecule is CCNc1ccc(C(=O)N(C)C2CCC(C)CC2)cc1. The predicted molar refractivity (Wildman–Crippen MR) is 84.1 cm³/mol. The Morgan fingerprint density at radius 3 is 2.35 bits per heavy atom. The zero-order valence-corrected chi connectivity index (χ0v) is 12.9. The van der Waals surface area contributed by atoms with Gasteiger partial charge in [-0.25, -0.2) is 0 Å². The predicted octanol–water partition coefficient (Wildman–Crippen LogP) is 3.77. The fourth-order valence-corrected chi connectivity index (χ4v) is 2.93. The lowest BCUT2D eigenvalue weighted by Gasteiger charge is -2.33. The van der Waals surface area contributed by atoms with Crippen LogP contribution >= 0.6 is 0 Å². The number of amides is 1. The Morgan fingerprint density at radius 1 is 1.20 bits per heavy atom. The molecule has 3 nitrogen and oxygen atoms in total. The van der Waals surface area contributed by atoms with Gasteiger partial charge in [0.25, 0.3) is 5.91 Å². The summed E-state index contributed by atoms with van der Waals surface area (Å²) in [6.45, 7) is 5.27. The number of carbonyl (C=O) groups excluding carboxylic acids is 1. The summed E-state index contributed by atoms with van der Waals surface area (Å²) >= 11 is 0. The maximum Gasteiger partial charge on any atom is 0.253 e. The first-order chi connectivity index (χ1) is 9.61.